The molecule has 0 amide bonds. The van der Waals surface area contributed by atoms with E-state index in [-0.39, 0.29) is 51.4 Å². The van der Waals surface area contributed by atoms with Crippen LogP contribution in [0.5, 0.6) is 0 Å². The molecule has 0 aliphatic carbocycles. The van der Waals surface area contributed by atoms with Crippen molar-refractivity contribution in [3.8, 4) is 0 Å². The molecule has 0 spiro atoms. The van der Waals surface area contributed by atoms with Crippen LogP contribution in [0.4, 0.5) is 0 Å². The van der Waals surface area contributed by atoms with Crippen LogP contribution in [0.2, 0.25) is 0 Å². The molecule has 0 N–H and O–H groups in total. The minimum absolute atomic E-state index is 0. The van der Waals surface area contributed by atoms with Gasteiger partial charge in [-0.25, -0.2) is 0 Å². The predicted octanol–water partition coefficient (Wildman–Crippen LogP) is 3.63. The van der Waals surface area contributed by atoms with Gasteiger partial charge in [0, 0.05) is 13.1 Å². The van der Waals surface area contributed by atoms with Crippen LogP contribution < -0.4 is 51.4 Å². The molecule has 132 valence electrons. The van der Waals surface area contributed by atoms with Gasteiger partial charge in [-0.3, -0.25) is 0 Å². The van der Waals surface area contributed by atoms with E-state index in [1.165, 1.54) is 89.9 Å². The van der Waals surface area contributed by atoms with Gasteiger partial charge in [-0.1, -0.05) is 94.7 Å². The SMILES string of the molecule is CCCCCCCCCCCCCCCCN(CC)C(=S)[S-].[K+]. The third-order valence-electron chi connectivity index (χ3n) is 4.42. The number of hydrogen-bond donors (Lipinski definition) is 0. The molecule has 0 aromatic rings. The largest absolute Gasteiger partial charge is 1.00 e. The minimum Gasteiger partial charge on any atom is -0.411 e. The van der Waals surface area contributed by atoms with Gasteiger partial charge in [0.05, 0.1) is 0 Å². The van der Waals surface area contributed by atoms with E-state index in [4.69, 9.17) is 24.8 Å². The van der Waals surface area contributed by atoms with E-state index in [9.17, 15) is 0 Å². The molecular formula is C19H38KNS2. The average Bonchev–Trinajstić information content (AvgIpc) is 2.51. The molecule has 0 rings (SSSR count). The fraction of sp³-hybridized carbons (Fsp3) is 0.947. The maximum absolute atomic E-state index is 5.06. The van der Waals surface area contributed by atoms with Gasteiger partial charge in [0.1, 0.15) is 0 Å². The van der Waals surface area contributed by atoms with Gasteiger partial charge in [0.25, 0.3) is 0 Å². The van der Waals surface area contributed by atoms with E-state index < -0.39 is 0 Å². The second-order valence-electron chi connectivity index (χ2n) is 6.44. The Kier molecular flexibility index (Phi) is 25.5. The normalized spacial score (nSPS) is 10.3. The van der Waals surface area contributed by atoms with Crippen LogP contribution in [0, 0.1) is 0 Å². The summed E-state index contributed by atoms with van der Waals surface area (Å²) in [5.74, 6) is 0. The first-order valence-corrected chi connectivity index (χ1v) is 10.5. The Balaban J connectivity index is 0. The number of hydrogen-bond acceptors (Lipinski definition) is 2. The molecule has 0 aliphatic rings. The zero-order chi connectivity index (χ0) is 16.5. The summed E-state index contributed by atoms with van der Waals surface area (Å²) in [4.78, 5) is 2.13. The second kappa shape index (κ2) is 21.8. The van der Waals surface area contributed by atoms with Crippen LogP contribution in [0.25, 0.3) is 0 Å². The first-order chi connectivity index (χ1) is 10.7. The summed E-state index contributed by atoms with van der Waals surface area (Å²) in [7, 11) is 0. The van der Waals surface area contributed by atoms with Gasteiger partial charge in [-0.15, -0.1) is 0 Å². The van der Waals surface area contributed by atoms with Crippen molar-refractivity contribution in [1.29, 1.82) is 0 Å². The quantitative estimate of drug-likeness (QED) is 0.173. The fourth-order valence-electron chi connectivity index (χ4n) is 2.88. The topological polar surface area (TPSA) is 3.24 Å². The summed E-state index contributed by atoms with van der Waals surface area (Å²) in [6, 6.07) is 0. The molecule has 0 aliphatic heterocycles. The third kappa shape index (κ3) is 19.9. The van der Waals surface area contributed by atoms with Crippen LogP contribution in [-0.2, 0) is 12.6 Å². The first-order valence-electron chi connectivity index (χ1n) is 9.68. The fourth-order valence-corrected chi connectivity index (χ4v) is 3.32. The maximum atomic E-state index is 5.06. The molecule has 0 fully saturated rings. The van der Waals surface area contributed by atoms with E-state index in [1.54, 1.807) is 0 Å². The van der Waals surface area contributed by atoms with Crippen LogP contribution in [0.3, 0.4) is 0 Å². The van der Waals surface area contributed by atoms with Gasteiger partial charge < -0.3 is 29.7 Å². The molecule has 1 nitrogen and oxygen atoms in total. The van der Waals surface area contributed by atoms with Crippen molar-refractivity contribution in [3.63, 3.8) is 0 Å². The van der Waals surface area contributed by atoms with Crippen molar-refractivity contribution in [2.75, 3.05) is 13.1 Å². The summed E-state index contributed by atoms with van der Waals surface area (Å²) in [5, 5.41) is 0. The predicted molar refractivity (Wildman–Crippen MR) is 108 cm³/mol. The van der Waals surface area contributed by atoms with Gasteiger partial charge in [-0.2, -0.15) is 0 Å². The molecule has 0 saturated heterocycles. The van der Waals surface area contributed by atoms with E-state index in [1.807, 2.05) is 0 Å². The molecule has 23 heavy (non-hydrogen) atoms. The summed E-state index contributed by atoms with van der Waals surface area (Å²) >= 11 is 10.1. The maximum Gasteiger partial charge on any atom is 1.00 e. The number of rotatable bonds is 16. The van der Waals surface area contributed by atoms with E-state index in [0.717, 1.165) is 13.1 Å². The molecule has 0 bridgehead atoms. The Bertz CT molecular complexity index is 250. The first kappa shape index (κ1) is 27.0. The van der Waals surface area contributed by atoms with Crippen molar-refractivity contribution in [3.05, 3.63) is 0 Å². The second-order valence-corrected chi connectivity index (χ2v) is 7.47. The van der Waals surface area contributed by atoms with Crippen molar-refractivity contribution in [2.45, 2.75) is 104 Å². The standard InChI is InChI=1S/C19H39NS2.K/c1-3-5-6-7-8-9-10-11-12-13-14-15-16-17-18-20(4-2)19(21)22;/h3-18H2,1-2H3,(H,21,22);/q;+1/p-1. The van der Waals surface area contributed by atoms with Crippen molar-refractivity contribution in [1.82, 2.24) is 4.90 Å². The van der Waals surface area contributed by atoms with Crippen molar-refractivity contribution >= 4 is 29.2 Å². The Morgan fingerprint density at radius 3 is 1.35 bits per heavy atom. The van der Waals surface area contributed by atoms with Crippen molar-refractivity contribution < 1.29 is 51.4 Å². The van der Waals surface area contributed by atoms with Gasteiger partial charge in [0.15, 0.2) is 0 Å². The van der Waals surface area contributed by atoms with Crippen LogP contribution in [0.1, 0.15) is 104 Å². The Morgan fingerprint density at radius 1 is 0.696 bits per heavy atom. The number of unbranched alkanes of at least 4 members (excludes halogenated alkanes) is 13. The molecule has 0 aromatic heterocycles. The molecule has 0 aromatic carbocycles. The molecular weight excluding hydrogens is 345 g/mol. The summed E-state index contributed by atoms with van der Waals surface area (Å²) in [6.07, 6.45) is 19.7. The number of thiocarbonyl (C=S) groups is 1. The molecule has 0 unspecified atom stereocenters. The Hall–Kier alpha value is 1.75. The van der Waals surface area contributed by atoms with Gasteiger partial charge >= 0.3 is 51.4 Å². The molecule has 4 heteroatoms. The van der Waals surface area contributed by atoms with Crippen LogP contribution >= 0.6 is 12.2 Å². The van der Waals surface area contributed by atoms with E-state index >= 15 is 0 Å². The third-order valence-corrected chi connectivity index (χ3v) is 4.94. The zero-order valence-corrected chi connectivity index (χ0v) is 20.8. The molecule has 0 radical (unpaired) electrons. The molecule has 0 atom stereocenters. The smallest absolute Gasteiger partial charge is 0.411 e. The summed E-state index contributed by atoms with van der Waals surface area (Å²) in [5.41, 5.74) is 0. The van der Waals surface area contributed by atoms with Gasteiger partial charge in [0.2, 0.25) is 0 Å². The van der Waals surface area contributed by atoms with E-state index in [2.05, 4.69) is 18.7 Å². The Labute approximate surface area is 200 Å². The van der Waals surface area contributed by atoms with Crippen LogP contribution in [-0.4, -0.2) is 22.3 Å². The summed E-state index contributed by atoms with van der Waals surface area (Å²) < 4.78 is 0.636. The molecule has 0 heterocycles. The van der Waals surface area contributed by atoms with Crippen molar-refractivity contribution in [2.24, 2.45) is 0 Å². The number of nitrogens with zero attached hydrogens (tertiary/aromatic N) is 1. The minimum atomic E-state index is 0. The average molecular weight is 384 g/mol. The zero-order valence-electron chi connectivity index (χ0n) is 16.1. The van der Waals surface area contributed by atoms with Crippen LogP contribution in [0.15, 0.2) is 0 Å². The molecule has 0 saturated carbocycles. The summed E-state index contributed by atoms with van der Waals surface area (Å²) in [6.45, 7) is 6.42. The van der Waals surface area contributed by atoms with Gasteiger partial charge in [-0.05, 0) is 13.3 Å². The van der Waals surface area contributed by atoms with E-state index in [0.29, 0.717) is 4.32 Å². The monoisotopic (exact) mass is 383 g/mol. The Morgan fingerprint density at radius 2 is 1.04 bits per heavy atom.